The molecule has 1 aromatic heterocycles. The number of ether oxygens (including phenoxy) is 3. The van der Waals surface area contributed by atoms with Gasteiger partial charge >= 0.3 is 5.97 Å². The van der Waals surface area contributed by atoms with Gasteiger partial charge < -0.3 is 19.5 Å². The molecule has 1 amide bonds. The zero-order chi connectivity index (χ0) is 25.1. The highest BCUT2D eigenvalue weighted by molar-refractivity contribution is 6.31. The van der Waals surface area contributed by atoms with Crippen LogP contribution in [0.15, 0.2) is 60.7 Å². The number of hydrogen-bond donors (Lipinski definition) is 1. The van der Waals surface area contributed by atoms with Crippen LogP contribution >= 0.6 is 11.6 Å². The number of methoxy groups -OCH3 is 3. The molecule has 1 N–H and O–H groups in total. The van der Waals surface area contributed by atoms with Gasteiger partial charge in [0.2, 0.25) is 0 Å². The summed E-state index contributed by atoms with van der Waals surface area (Å²) in [6.45, 7) is 1.84. The van der Waals surface area contributed by atoms with Gasteiger partial charge in [0.25, 0.3) is 5.91 Å². The van der Waals surface area contributed by atoms with Crippen molar-refractivity contribution in [1.29, 1.82) is 0 Å². The highest BCUT2D eigenvalue weighted by atomic mass is 35.5. The van der Waals surface area contributed by atoms with Gasteiger partial charge in [0, 0.05) is 21.7 Å². The molecule has 3 aromatic carbocycles. The van der Waals surface area contributed by atoms with Crippen LogP contribution in [-0.2, 0) is 4.74 Å². The van der Waals surface area contributed by atoms with E-state index in [1.807, 2.05) is 13.0 Å². The summed E-state index contributed by atoms with van der Waals surface area (Å²) in [4.78, 5) is 30.2. The monoisotopic (exact) mass is 490 g/mol. The number of pyridine rings is 1. The summed E-state index contributed by atoms with van der Waals surface area (Å²) in [7, 11) is 4.43. The third kappa shape index (κ3) is 4.90. The molecule has 0 saturated carbocycles. The molecule has 178 valence electrons. The number of aryl methyl sites for hydroxylation is 1. The van der Waals surface area contributed by atoms with Gasteiger partial charge in [-0.1, -0.05) is 17.7 Å². The number of amides is 1. The van der Waals surface area contributed by atoms with Crippen molar-refractivity contribution >= 4 is 40.1 Å². The molecule has 0 fully saturated rings. The Kier molecular flexibility index (Phi) is 6.89. The summed E-state index contributed by atoms with van der Waals surface area (Å²) in [6, 6.07) is 17.3. The summed E-state index contributed by atoms with van der Waals surface area (Å²) in [5.74, 6) is 0.274. The van der Waals surface area contributed by atoms with E-state index in [2.05, 4.69) is 5.32 Å². The molecule has 0 unspecified atom stereocenters. The molecule has 0 atom stereocenters. The van der Waals surface area contributed by atoms with Crippen molar-refractivity contribution in [2.45, 2.75) is 6.92 Å². The summed E-state index contributed by atoms with van der Waals surface area (Å²) >= 11 is 6.24. The average molecular weight is 491 g/mol. The van der Waals surface area contributed by atoms with E-state index in [0.29, 0.717) is 49.9 Å². The number of nitrogens with zero attached hydrogens (tertiary/aromatic N) is 1. The molecule has 0 spiro atoms. The third-order valence-electron chi connectivity index (χ3n) is 5.60. The van der Waals surface area contributed by atoms with Crippen molar-refractivity contribution in [3.05, 3.63) is 82.4 Å². The first kappa shape index (κ1) is 24.0. The fraction of sp³-hybridized carbons (Fsp3) is 0.148. The van der Waals surface area contributed by atoms with E-state index >= 15 is 0 Å². The van der Waals surface area contributed by atoms with E-state index in [4.69, 9.17) is 30.8 Å². The Morgan fingerprint density at radius 3 is 2.37 bits per heavy atom. The first-order valence-electron chi connectivity index (χ1n) is 10.7. The van der Waals surface area contributed by atoms with Gasteiger partial charge in [0.05, 0.1) is 43.7 Å². The number of carbonyl (C=O) groups is 2. The highest BCUT2D eigenvalue weighted by Crippen LogP contribution is 2.34. The number of esters is 1. The Bertz CT molecular complexity index is 1450. The quantitative estimate of drug-likeness (QED) is 0.337. The highest BCUT2D eigenvalue weighted by Gasteiger charge is 2.18. The first-order chi connectivity index (χ1) is 16.8. The van der Waals surface area contributed by atoms with Crippen LogP contribution in [0.4, 0.5) is 5.69 Å². The number of benzene rings is 3. The maximum atomic E-state index is 13.5. The summed E-state index contributed by atoms with van der Waals surface area (Å²) in [5, 5.41) is 4.00. The van der Waals surface area contributed by atoms with E-state index < -0.39 is 5.97 Å². The molecule has 8 heteroatoms. The smallest absolute Gasteiger partial charge is 0.337 e. The number of aromatic nitrogens is 1. The van der Waals surface area contributed by atoms with Crippen LogP contribution in [-0.4, -0.2) is 38.2 Å². The van der Waals surface area contributed by atoms with Gasteiger partial charge in [-0.2, -0.15) is 0 Å². The molecule has 1 heterocycles. The second-order valence-electron chi connectivity index (χ2n) is 7.76. The second kappa shape index (κ2) is 10.0. The van der Waals surface area contributed by atoms with Gasteiger partial charge in [-0.05, 0) is 67.1 Å². The van der Waals surface area contributed by atoms with E-state index in [1.165, 1.54) is 7.11 Å². The maximum absolute atomic E-state index is 13.5. The van der Waals surface area contributed by atoms with E-state index in [0.717, 1.165) is 11.1 Å². The van der Waals surface area contributed by atoms with E-state index in [-0.39, 0.29) is 5.91 Å². The van der Waals surface area contributed by atoms with Gasteiger partial charge in [0.15, 0.2) is 11.5 Å². The summed E-state index contributed by atoms with van der Waals surface area (Å²) < 4.78 is 15.5. The van der Waals surface area contributed by atoms with Crippen LogP contribution in [0.5, 0.6) is 11.5 Å². The Hall–Kier alpha value is -4.10. The van der Waals surface area contributed by atoms with Gasteiger partial charge in [-0.3, -0.25) is 4.79 Å². The van der Waals surface area contributed by atoms with Crippen LogP contribution in [0.25, 0.3) is 22.2 Å². The molecule has 0 aliphatic carbocycles. The van der Waals surface area contributed by atoms with Crippen LogP contribution < -0.4 is 14.8 Å². The van der Waals surface area contributed by atoms with Crippen molar-refractivity contribution in [1.82, 2.24) is 4.98 Å². The molecule has 0 aliphatic rings. The number of carbonyl (C=O) groups excluding carboxylic acids is 2. The Labute approximate surface area is 207 Å². The van der Waals surface area contributed by atoms with Gasteiger partial charge in [0.1, 0.15) is 0 Å². The second-order valence-corrected chi connectivity index (χ2v) is 8.20. The molecular formula is C27H23ClN2O5. The first-order valence-corrected chi connectivity index (χ1v) is 11.1. The molecule has 4 aromatic rings. The maximum Gasteiger partial charge on any atom is 0.337 e. The normalized spacial score (nSPS) is 10.7. The van der Waals surface area contributed by atoms with Gasteiger partial charge in [-0.15, -0.1) is 0 Å². The number of nitrogens with one attached hydrogen (secondary N) is 1. The van der Waals surface area contributed by atoms with Crippen molar-refractivity contribution in [2.24, 2.45) is 0 Å². The van der Waals surface area contributed by atoms with Crippen molar-refractivity contribution in [2.75, 3.05) is 26.6 Å². The summed E-state index contributed by atoms with van der Waals surface area (Å²) in [5.41, 5.74) is 3.93. The Balaban J connectivity index is 1.82. The lowest BCUT2D eigenvalue weighted by Gasteiger charge is -2.14. The fourth-order valence-corrected chi connectivity index (χ4v) is 3.89. The average Bonchev–Trinajstić information content (AvgIpc) is 2.88. The topological polar surface area (TPSA) is 86.8 Å². The number of fused-ring (bicyclic) bond motifs is 1. The lowest BCUT2D eigenvalue weighted by molar-refractivity contribution is 0.0600. The lowest BCUT2D eigenvalue weighted by atomic mass is 10.0. The number of hydrogen-bond acceptors (Lipinski definition) is 6. The van der Waals surface area contributed by atoms with Gasteiger partial charge in [-0.25, -0.2) is 9.78 Å². The molecular weight excluding hydrogens is 468 g/mol. The fourth-order valence-electron chi connectivity index (χ4n) is 3.72. The predicted molar refractivity (Wildman–Crippen MR) is 136 cm³/mol. The Morgan fingerprint density at radius 2 is 1.66 bits per heavy atom. The molecule has 0 bridgehead atoms. The van der Waals surface area contributed by atoms with E-state index in [1.54, 1.807) is 68.8 Å². The molecule has 35 heavy (non-hydrogen) atoms. The van der Waals surface area contributed by atoms with E-state index in [9.17, 15) is 9.59 Å². The minimum atomic E-state index is -0.489. The predicted octanol–water partition coefficient (Wildman–Crippen LogP) is 5.92. The molecule has 7 nitrogen and oxygen atoms in total. The minimum absolute atomic E-state index is 0.335. The molecule has 0 saturated heterocycles. The number of halogens is 1. The van der Waals surface area contributed by atoms with Crippen LogP contribution in [0.1, 0.15) is 26.3 Å². The van der Waals surface area contributed by atoms with Crippen molar-refractivity contribution < 1.29 is 23.8 Å². The zero-order valence-corrected chi connectivity index (χ0v) is 20.4. The van der Waals surface area contributed by atoms with Crippen molar-refractivity contribution in [3.8, 4) is 22.8 Å². The summed E-state index contributed by atoms with van der Waals surface area (Å²) in [6.07, 6.45) is 0. The molecule has 0 aliphatic heterocycles. The largest absolute Gasteiger partial charge is 0.493 e. The van der Waals surface area contributed by atoms with Crippen LogP contribution in [0.2, 0.25) is 5.02 Å². The van der Waals surface area contributed by atoms with Crippen LogP contribution in [0, 0.1) is 6.92 Å². The molecule has 0 radical (unpaired) electrons. The third-order valence-corrected chi connectivity index (χ3v) is 5.84. The van der Waals surface area contributed by atoms with Crippen LogP contribution in [0.3, 0.4) is 0 Å². The number of anilines is 1. The SMILES string of the molecule is COC(=O)c1ccc(C)c(NC(=O)c2cc(-c3ccc(OC)c(OC)c3)nc3ccc(Cl)cc23)c1. The van der Waals surface area contributed by atoms with Crippen molar-refractivity contribution in [3.63, 3.8) is 0 Å². The standard InChI is InChI=1S/C27H23ClN2O5/c1-15-5-6-17(27(32)35-4)11-22(15)30-26(31)20-14-23(29-21-9-8-18(28)13-19(20)21)16-7-10-24(33-2)25(12-16)34-3/h5-14H,1-4H3,(H,30,31). The Morgan fingerprint density at radius 1 is 0.886 bits per heavy atom. The lowest BCUT2D eigenvalue weighted by Crippen LogP contribution is -2.15. The minimum Gasteiger partial charge on any atom is -0.493 e. The molecule has 4 rings (SSSR count). The zero-order valence-electron chi connectivity index (χ0n) is 19.6. The number of rotatable bonds is 6.